The summed E-state index contributed by atoms with van der Waals surface area (Å²) in [6, 6.07) is 12.7. The molecule has 8 nitrogen and oxygen atoms in total. The molecule has 0 unspecified atom stereocenters. The van der Waals surface area contributed by atoms with Crippen molar-refractivity contribution < 1.29 is 23.2 Å². The molecule has 34 heavy (non-hydrogen) atoms. The van der Waals surface area contributed by atoms with E-state index in [2.05, 4.69) is 15.0 Å². The summed E-state index contributed by atoms with van der Waals surface area (Å²) in [6.07, 6.45) is 1.59. The van der Waals surface area contributed by atoms with E-state index < -0.39 is 16.8 Å². The third-order valence-electron chi connectivity index (χ3n) is 5.52. The smallest absolute Gasteiger partial charge is 0.338 e. The highest BCUT2D eigenvalue weighted by atomic mass is 32.2. The number of hydrogen-bond acceptors (Lipinski definition) is 7. The van der Waals surface area contributed by atoms with Crippen LogP contribution in [0.5, 0.6) is 11.5 Å². The van der Waals surface area contributed by atoms with Gasteiger partial charge in [-0.3, -0.25) is 9.19 Å². The van der Waals surface area contributed by atoms with Gasteiger partial charge in [-0.2, -0.15) is 0 Å². The lowest BCUT2D eigenvalue weighted by atomic mass is 10.1. The first-order valence-electron chi connectivity index (χ1n) is 10.6. The quantitative estimate of drug-likeness (QED) is 0.377. The second-order valence-electron chi connectivity index (χ2n) is 7.69. The largest absolute Gasteiger partial charge is 0.497 e. The fourth-order valence-electron chi connectivity index (χ4n) is 3.63. The molecule has 0 fully saturated rings. The van der Waals surface area contributed by atoms with Gasteiger partial charge < -0.3 is 19.2 Å². The zero-order chi connectivity index (χ0) is 24.2. The Morgan fingerprint density at radius 1 is 1.09 bits per heavy atom. The van der Waals surface area contributed by atoms with Crippen molar-refractivity contribution in [3.8, 4) is 11.5 Å². The second-order valence-corrected chi connectivity index (χ2v) is 9.06. The van der Waals surface area contributed by atoms with Crippen LogP contribution in [0.25, 0.3) is 11.0 Å². The summed E-state index contributed by atoms with van der Waals surface area (Å²) < 4.78 is 29.3. The first kappa shape index (κ1) is 23.4. The molecule has 4 aromatic rings. The number of esters is 1. The van der Waals surface area contributed by atoms with Crippen LogP contribution in [-0.4, -0.2) is 39.3 Å². The fraction of sp³-hybridized carbons (Fsp3) is 0.240. The normalized spacial score (nSPS) is 11.9. The molecule has 0 aliphatic heterocycles. The molecule has 0 radical (unpaired) electrons. The summed E-state index contributed by atoms with van der Waals surface area (Å²) in [7, 11) is 1.68. The molecular weight excluding hydrogens is 454 g/mol. The lowest BCUT2D eigenvalue weighted by Crippen LogP contribution is -2.10. The van der Waals surface area contributed by atoms with Crippen molar-refractivity contribution in [2.24, 2.45) is 0 Å². The topological polar surface area (TPSA) is 103 Å². The van der Waals surface area contributed by atoms with E-state index in [4.69, 9.17) is 14.2 Å². The first-order valence-corrected chi connectivity index (χ1v) is 11.9. The summed E-state index contributed by atoms with van der Waals surface area (Å²) in [5, 5.41) is 0.361. The number of nitrogens with zero attached hydrogens (tertiary/aromatic N) is 2. The summed E-state index contributed by atoms with van der Waals surface area (Å²) in [5.74, 6) is 0.982. The standard InChI is InChI=1S/C25H25N3O5S/c1-15-7-5-6-8-19(15)24(29)33-13-17-12-26-22(16(2)23(17)32-4)14-34(30)25-27-20-10-9-18(31-3)11-21(20)28-25/h5-12H,13-14H2,1-4H3,(H,27,28)/t34-/m0/s1. The van der Waals surface area contributed by atoms with Gasteiger partial charge in [-0.25, -0.2) is 9.78 Å². The van der Waals surface area contributed by atoms with Crippen molar-refractivity contribution >= 4 is 27.8 Å². The average Bonchev–Trinajstić information content (AvgIpc) is 3.28. The van der Waals surface area contributed by atoms with Crippen LogP contribution < -0.4 is 9.47 Å². The predicted octanol–water partition coefficient (Wildman–Crippen LogP) is 4.26. The van der Waals surface area contributed by atoms with Crippen LogP contribution >= 0.6 is 0 Å². The summed E-state index contributed by atoms with van der Waals surface area (Å²) in [6.45, 7) is 3.71. The van der Waals surface area contributed by atoms with Gasteiger partial charge in [0.25, 0.3) is 0 Å². The number of nitrogens with one attached hydrogen (secondary N) is 1. The van der Waals surface area contributed by atoms with Crippen molar-refractivity contribution in [3.05, 3.63) is 76.6 Å². The number of fused-ring (bicyclic) bond motifs is 1. The zero-order valence-corrected chi connectivity index (χ0v) is 20.2. The first-order chi connectivity index (χ1) is 16.4. The highest BCUT2D eigenvalue weighted by molar-refractivity contribution is 7.84. The van der Waals surface area contributed by atoms with E-state index in [0.29, 0.717) is 39.0 Å². The Hall–Kier alpha value is -3.72. The highest BCUT2D eigenvalue weighted by Gasteiger charge is 2.19. The summed E-state index contributed by atoms with van der Waals surface area (Å²) in [5.41, 5.74) is 4.79. The van der Waals surface area contributed by atoms with Crippen molar-refractivity contribution in [1.82, 2.24) is 15.0 Å². The molecule has 0 amide bonds. The van der Waals surface area contributed by atoms with Crippen LogP contribution in [0.15, 0.2) is 53.8 Å². The molecule has 0 aliphatic carbocycles. The Kier molecular flexibility index (Phi) is 6.93. The van der Waals surface area contributed by atoms with Gasteiger partial charge in [-0.05, 0) is 37.6 Å². The van der Waals surface area contributed by atoms with Crippen molar-refractivity contribution in [3.63, 3.8) is 0 Å². The van der Waals surface area contributed by atoms with Gasteiger partial charge in [-0.15, -0.1) is 0 Å². The van der Waals surface area contributed by atoms with E-state index in [1.165, 1.54) is 0 Å². The molecule has 9 heteroatoms. The minimum absolute atomic E-state index is 0.0129. The Labute approximate surface area is 199 Å². The van der Waals surface area contributed by atoms with Crippen LogP contribution in [0.2, 0.25) is 0 Å². The molecule has 0 spiro atoms. The molecule has 0 saturated carbocycles. The number of pyridine rings is 1. The molecular formula is C25H25N3O5S. The number of ether oxygens (including phenoxy) is 3. The molecule has 0 saturated heterocycles. The zero-order valence-electron chi connectivity index (χ0n) is 19.4. The van der Waals surface area contributed by atoms with Crippen LogP contribution in [0, 0.1) is 13.8 Å². The maximum absolute atomic E-state index is 13.0. The van der Waals surface area contributed by atoms with Crippen LogP contribution in [0.3, 0.4) is 0 Å². The SMILES string of the molecule is COc1ccc2nc([S@@](=O)Cc3ncc(COC(=O)c4ccccc4C)c(OC)c3C)[nH]c2c1. The molecule has 2 heterocycles. The van der Waals surface area contributed by atoms with Crippen molar-refractivity contribution in [2.75, 3.05) is 14.2 Å². The molecule has 4 rings (SSSR count). The maximum Gasteiger partial charge on any atom is 0.338 e. The fourth-order valence-corrected chi connectivity index (χ4v) is 4.73. The molecule has 2 aromatic heterocycles. The highest BCUT2D eigenvalue weighted by Crippen LogP contribution is 2.28. The monoisotopic (exact) mass is 479 g/mol. The van der Waals surface area contributed by atoms with E-state index in [0.717, 1.165) is 16.6 Å². The van der Waals surface area contributed by atoms with E-state index in [-0.39, 0.29) is 12.4 Å². The number of carbonyl (C=O) groups excluding carboxylic acids is 1. The summed E-state index contributed by atoms with van der Waals surface area (Å²) in [4.78, 5) is 24.5. The molecule has 2 aromatic carbocycles. The Morgan fingerprint density at radius 2 is 1.88 bits per heavy atom. The molecule has 0 bridgehead atoms. The molecule has 1 N–H and O–H groups in total. The number of hydrogen-bond donors (Lipinski definition) is 1. The molecule has 0 aliphatic rings. The number of aryl methyl sites for hydroxylation is 1. The summed E-state index contributed by atoms with van der Waals surface area (Å²) >= 11 is 0. The number of carbonyl (C=O) groups is 1. The Morgan fingerprint density at radius 3 is 2.62 bits per heavy atom. The third kappa shape index (κ3) is 4.79. The molecule has 1 atom stereocenters. The van der Waals surface area contributed by atoms with E-state index in [1.807, 2.05) is 38.1 Å². The van der Waals surface area contributed by atoms with E-state index in [1.54, 1.807) is 38.6 Å². The van der Waals surface area contributed by atoms with Gasteiger partial charge in [0.2, 0.25) is 0 Å². The third-order valence-corrected chi connectivity index (χ3v) is 6.68. The predicted molar refractivity (Wildman–Crippen MR) is 129 cm³/mol. The number of H-pyrrole nitrogens is 1. The number of aromatic amines is 1. The minimum Gasteiger partial charge on any atom is -0.497 e. The maximum atomic E-state index is 13.0. The number of imidazole rings is 1. The van der Waals surface area contributed by atoms with Crippen LogP contribution in [0.4, 0.5) is 0 Å². The number of methoxy groups -OCH3 is 2. The number of rotatable bonds is 8. The Balaban J connectivity index is 1.51. The lowest BCUT2D eigenvalue weighted by molar-refractivity contribution is 0.0468. The number of benzene rings is 2. The van der Waals surface area contributed by atoms with Crippen molar-refractivity contribution in [2.45, 2.75) is 31.4 Å². The second kappa shape index (κ2) is 10.0. The van der Waals surface area contributed by atoms with Crippen LogP contribution in [-0.2, 0) is 27.9 Å². The molecule has 176 valence electrons. The van der Waals surface area contributed by atoms with Crippen molar-refractivity contribution in [1.29, 1.82) is 0 Å². The van der Waals surface area contributed by atoms with Gasteiger partial charge in [0.15, 0.2) is 5.16 Å². The van der Waals surface area contributed by atoms with Gasteiger partial charge in [0, 0.05) is 17.8 Å². The van der Waals surface area contributed by atoms with E-state index >= 15 is 0 Å². The number of aromatic nitrogens is 3. The lowest BCUT2D eigenvalue weighted by Gasteiger charge is -2.14. The Bertz CT molecular complexity index is 1380. The van der Waals surface area contributed by atoms with Crippen LogP contribution in [0.1, 0.15) is 32.7 Å². The van der Waals surface area contributed by atoms with Gasteiger partial charge in [0.05, 0.1) is 58.6 Å². The van der Waals surface area contributed by atoms with E-state index in [9.17, 15) is 9.00 Å². The van der Waals surface area contributed by atoms with Gasteiger partial charge in [-0.1, -0.05) is 18.2 Å². The van der Waals surface area contributed by atoms with Gasteiger partial charge in [0.1, 0.15) is 18.1 Å². The van der Waals surface area contributed by atoms with Gasteiger partial charge >= 0.3 is 5.97 Å². The minimum atomic E-state index is -1.45. The average molecular weight is 480 g/mol.